The van der Waals surface area contributed by atoms with Gasteiger partial charge in [-0.1, -0.05) is 71.3 Å². The standard InChI is InChI=1S/C28H29ClN4O2S/c1-18-8-10-19(11-9-18)25-24(20-12-14-21(29)15-13-20)30-22-6-5-17-33(26(22)31-25)16-4-2-3-7-23-27(34)32-28(35)36-23/h8-15,34H,2-7,16-17H2,1H3,(H,32,35). The van der Waals surface area contributed by atoms with Crippen molar-refractivity contribution in [2.75, 3.05) is 18.0 Å². The van der Waals surface area contributed by atoms with Crippen molar-refractivity contribution in [2.45, 2.75) is 45.4 Å². The molecule has 2 aromatic carbocycles. The Morgan fingerprint density at radius 2 is 1.69 bits per heavy atom. The zero-order chi connectivity index (χ0) is 25.1. The van der Waals surface area contributed by atoms with Crippen LogP contribution in [0, 0.1) is 6.92 Å². The van der Waals surface area contributed by atoms with Crippen LogP contribution in [0.25, 0.3) is 22.5 Å². The lowest BCUT2D eigenvalue weighted by Gasteiger charge is -2.30. The second kappa shape index (κ2) is 10.8. The number of halogens is 1. The van der Waals surface area contributed by atoms with Crippen LogP contribution in [0.3, 0.4) is 0 Å². The number of aromatic nitrogens is 3. The maximum absolute atomic E-state index is 11.4. The molecule has 0 atom stereocenters. The fraction of sp³-hybridized carbons (Fsp3) is 0.321. The Labute approximate surface area is 219 Å². The molecule has 2 N–H and O–H groups in total. The number of nitrogens with one attached hydrogen (secondary N) is 1. The normalized spacial score (nSPS) is 13.1. The average molecular weight is 521 g/mol. The van der Waals surface area contributed by atoms with Gasteiger partial charge in [0, 0.05) is 29.2 Å². The highest BCUT2D eigenvalue weighted by molar-refractivity contribution is 7.09. The Balaban J connectivity index is 1.37. The number of aromatic hydroxyl groups is 1. The van der Waals surface area contributed by atoms with Crippen LogP contribution in [0.1, 0.15) is 41.8 Å². The molecule has 186 valence electrons. The van der Waals surface area contributed by atoms with Crippen molar-refractivity contribution in [3.63, 3.8) is 0 Å². The van der Waals surface area contributed by atoms with Crippen LogP contribution >= 0.6 is 22.9 Å². The maximum Gasteiger partial charge on any atom is 0.307 e. The fourth-order valence-corrected chi connectivity index (χ4v) is 5.54. The van der Waals surface area contributed by atoms with Crippen LogP contribution < -0.4 is 9.77 Å². The molecule has 4 aromatic rings. The Morgan fingerprint density at radius 1 is 1.00 bits per heavy atom. The molecule has 6 nitrogen and oxygen atoms in total. The van der Waals surface area contributed by atoms with E-state index in [1.807, 2.05) is 24.3 Å². The molecule has 2 aromatic heterocycles. The average Bonchev–Trinajstić information content (AvgIpc) is 3.20. The summed E-state index contributed by atoms with van der Waals surface area (Å²) < 4.78 is 0. The number of H-pyrrole nitrogens is 1. The second-order valence-electron chi connectivity index (χ2n) is 9.25. The molecule has 0 radical (unpaired) electrons. The third-order valence-corrected chi connectivity index (χ3v) is 7.75. The second-order valence-corrected chi connectivity index (χ2v) is 10.8. The summed E-state index contributed by atoms with van der Waals surface area (Å²) in [6.07, 6.45) is 5.64. The SMILES string of the molecule is Cc1ccc(-c2nc3c(nc2-c2ccc(Cl)cc2)CCCN3CCCCCc2sc(=O)[nH]c2O)cc1. The number of rotatable bonds is 8. The van der Waals surface area contributed by atoms with E-state index >= 15 is 0 Å². The summed E-state index contributed by atoms with van der Waals surface area (Å²) in [5, 5.41) is 10.5. The van der Waals surface area contributed by atoms with Crippen LogP contribution in [0.5, 0.6) is 5.88 Å². The van der Waals surface area contributed by atoms with Gasteiger partial charge in [-0.3, -0.25) is 9.78 Å². The number of unbranched alkanes of at least 4 members (excludes halogenated alkanes) is 2. The third kappa shape index (κ3) is 5.47. The van der Waals surface area contributed by atoms with E-state index in [0.29, 0.717) is 11.4 Å². The van der Waals surface area contributed by atoms with Gasteiger partial charge in [0.25, 0.3) is 0 Å². The Kier molecular flexibility index (Phi) is 7.39. The highest BCUT2D eigenvalue weighted by Gasteiger charge is 2.23. The van der Waals surface area contributed by atoms with Gasteiger partial charge in [0.1, 0.15) is 0 Å². The zero-order valence-electron chi connectivity index (χ0n) is 20.3. The van der Waals surface area contributed by atoms with Crippen molar-refractivity contribution in [3.8, 4) is 28.4 Å². The first kappa shape index (κ1) is 24.5. The van der Waals surface area contributed by atoms with Gasteiger partial charge in [0.2, 0.25) is 5.88 Å². The van der Waals surface area contributed by atoms with Gasteiger partial charge in [0.05, 0.1) is 22.0 Å². The lowest BCUT2D eigenvalue weighted by molar-refractivity contribution is 0.448. The van der Waals surface area contributed by atoms with Gasteiger partial charge in [-0.05, 0) is 51.2 Å². The number of hydrogen-bond acceptors (Lipinski definition) is 6. The molecule has 0 amide bonds. The number of fused-ring (bicyclic) bond motifs is 1. The van der Waals surface area contributed by atoms with Crippen molar-refractivity contribution in [1.82, 2.24) is 15.0 Å². The summed E-state index contributed by atoms with van der Waals surface area (Å²) in [7, 11) is 0. The van der Waals surface area contributed by atoms with Crippen molar-refractivity contribution in [3.05, 3.63) is 79.4 Å². The van der Waals surface area contributed by atoms with Gasteiger partial charge in [-0.25, -0.2) is 9.97 Å². The quantitative estimate of drug-likeness (QED) is 0.263. The van der Waals surface area contributed by atoms with E-state index in [4.69, 9.17) is 21.6 Å². The Morgan fingerprint density at radius 3 is 2.39 bits per heavy atom. The van der Waals surface area contributed by atoms with E-state index < -0.39 is 0 Å². The first-order valence-corrected chi connectivity index (χ1v) is 13.6. The molecule has 0 saturated heterocycles. The number of benzene rings is 2. The smallest absolute Gasteiger partial charge is 0.307 e. The highest BCUT2D eigenvalue weighted by Crippen LogP contribution is 2.35. The molecule has 0 fully saturated rings. The van der Waals surface area contributed by atoms with Gasteiger partial charge < -0.3 is 10.0 Å². The highest BCUT2D eigenvalue weighted by atomic mass is 35.5. The van der Waals surface area contributed by atoms with Crippen LogP contribution in [0.15, 0.2) is 53.3 Å². The summed E-state index contributed by atoms with van der Waals surface area (Å²) in [6.45, 7) is 3.96. The molecule has 1 aliphatic heterocycles. The minimum atomic E-state index is -0.201. The van der Waals surface area contributed by atoms with Crippen LogP contribution in [0.4, 0.5) is 5.82 Å². The predicted molar refractivity (Wildman–Crippen MR) is 147 cm³/mol. The Hall–Kier alpha value is -3.16. The first-order valence-electron chi connectivity index (χ1n) is 12.4. The van der Waals surface area contributed by atoms with Gasteiger partial charge >= 0.3 is 4.87 Å². The maximum atomic E-state index is 11.4. The molecule has 0 aliphatic carbocycles. The number of hydrogen-bond donors (Lipinski definition) is 2. The van der Waals surface area contributed by atoms with E-state index in [9.17, 15) is 9.90 Å². The number of thiazole rings is 1. The summed E-state index contributed by atoms with van der Waals surface area (Å²) in [5.41, 5.74) is 6.10. The van der Waals surface area contributed by atoms with E-state index in [-0.39, 0.29) is 10.8 Å². The largest absolute Gasteiger partial charge is 0.494 e. The molecule has 36 heavy (non-hydrogen) atoms. The van der Waals surface area contributed by atoms with E-state index in [2.05, 4.69) is 41.1 Å². The molecule has 1 aliphatic rings. The molecule has 8 heteroatoms. The van der Waals surface area contributed by atoms with Crippen molar-refractivity contribution < 1.29 is 5.11 Å². The van der Waals surface area contributed by atoms with Crippen molar-refractivity contribution in [1.29, 1.82) is 0 Å². The number of anilines is 1. The van der Waals surface area contributed by atoms with E-state index in [1.165, 1.54) is 5.56 Å². The van der Waals surface area contributed by atoms with Crippen LogP contribution in [-0.2, 0) is 12.8 Å². The molecular formula is C28H29ClN4O2S. The molecule has 5 rings (SSSR count). The van der Waals surface area contributed by atoms with Gasteiger partial charge in [-0.2, -0.15) is 0 Å². The van der Waals surface area contributed by atoms with Gasteiger partial charge in [0.15, 0.2) is 5.82 Å². The van der Waals surface area contributed by atoms with Crippen molar-refractivity contribution >= 4 is 28.8 Å². The summed E-state index contributed by atoms with van der Waals surface area (Å²) in [6, 6.07) is 16.3. The molecule has 0 bridgehead atoms. The predicted octanol–water partition coefficient (Wildman–Crippen LogP) is 6.39. The summed E-state index contributed by atoms with van der Waals surface area (Å²) >= 11 is 7.25. The fourth-order valence-electron chi connectivity index (χ4n) is 4.65. The molecule has 0 saturated carbocycles. The molecule has 0 unspecified atom stereocenters. The minimum Gasteiger partial charge on any atom is -0.494 e. The Bertz CT molecular complexity index is 1400. The topological polar surface area (TPSA) is 82.1 Å². The first-order chi connectivity index (χ1) is 17.5. The van der Waals surface area contributed by atoms with Crippen molar-refractivity contribution in [2.24, 2.45) is 0 Å². The van der Waals surface area contributed by atoms with Crippen LogP contribution in [-0.4, -0.2) is 33.1 Å². The number of aryl methyl sites for hydroxylation is 3. The third-order valence-electron chi connectivity index (χ3n) is 6.56. The lowest BCUT2D eigenvalue weighted by Crippen LogP contribution is -2.32. The zero-order valence-corrected chi connectivity index (χ0v) is 21.8. The van der Waals surface area contributed by atoms with Crippen LogP contribution in [0.2, 0.25) is 5.02 Å². The summed E-state index contributed by atoms with van der Waals surface area (Å²) in [5.74, 6) is 1.00. The monoisotopic (exact) mass is 520 g/mol. The van der Waals surface area contributed by atoms with E-state index in [0.717, 1.165) is 95.4 Å². The summed E-state index contributed by atoms with van der Waals surface area (Å²) in [4.78, 5) is 27.1. The minimum absolute atomic E-state index is 0.0189. The molecule has 0 spiro atoms. The van der Waals surface area contributed by atoms with E-state index in [1.54, 1.807) is 0 Å². The molecule has 3 heterocycles. The number of nitrogens with zero attached hydrogens (tertiary/aromatic N) is 3. The van der Waals surface area contributed by atoms with Gasteiger partial charge in [-0.15, -0.1) is 0 Å². The lowest BCUT2D eigenvalue weighted by atomic mass is 10.0. The number of aromatic amines is 1. The molecular weight excluding hydrogens is 492 g/mol.